The molecule has 0 aromatic carbocycles. The molecular weight excluding hydrogens is 184 g/mol. The average Bonchev–Trinajstić information content (AvgIpc) is 2.28. The maximum atomic E-state index is 5.20. The lowest BCUT2D eigenvalue weighted by Crippen LogP contribution is -2.18. The van der Waals surface area contributed by atoms with Gasteiger partial charge in [0.25, 0.3) is 0 Å². The van der Waals surface area contributed by atoms with Gasteiger partial charge in [0, 0.05) is 13.7 Å². The van der Waals surface area contributed by atoms with E-state index in [-0.39, 0.29) is 0 Å². The Labute approximate surface area is 94.2 Å². The molecule has 1 nitrogen and oxygen atoms in total. The first-order chi connectivity index (χ1) is 7.20. The monoisotopic (exact) mass is 208 g/mol. The lowest BCUT2D eigenvalue weighted by Gasteiger charge is -2.29. The molecule has 0 aromatic rings. The van der Waals surface area contributed by atoms with E-state index >= 15 is 0 Å². The van der Waals surface area contributed by atoms with E-state index in [2.05, 4.69) is 32.1 Å². The van der Waals surface area contributed by atoms with Gasteiger partial charge in [-0.25, -0.2) is 0 Å². The van der Waals surface area contributed by atoms with Crippen molar-refractivity contribution in [1.29, 1.82) is 0 Å². The second-order valence-corrected chi connectivity index (χ2v) is 4.88. The molecule has 1 aliphatic rings. The van der Waals surface area contributed by atoms with Crippen molar-refractivity contribution in [3.63, 3.8) is 0 Å². The fourth-order valence-electron chi connectivity index (χ4n) is 2.09. The van der Waals surface area contributed by atoms with E-state index in [9.17, 15) is 0 Å². The molecule has 0 spiro atoms. The van der Waals surface area contributed by atoms with Crippen LogP contribution in [-0.2, 0) is 4.74 Å². The van der Waals surface area contributed by atoms with Crippen LogP contribution in [0.25, 0.3) is 0 Å². The normalized spacial score (nSPS) is 19.8. The highest BCUT2D eigenvalue weighted by Crippen LogP contribution is 2.35. The molecule has 1 heteroatoms. The minimum atomic E-state index is 0.424. The minimum Gasteiger partial charge on any atom is -0.385 e. The summed E-state index contributed by atoms with van der Waals surface area (Å²) >= 11 is 0. The van der Waals surface area contributed by atoms with Crippen molar-refractivity contribution in [2.75, 3.05) is 13.7 Å². The van der Waals surface area contributed by atoms with Crippen molar-refractivity contribution in [3.8, 4) is 0 Å². The van der Waals surface area contributed by atoms with Crippen LogP contribution in [0, 0.1) is 5.41 Å². The van der Waals surface area contributed by atoms with Crippen LogP contribution < -0.4 is 0 Å². The summed E-state index contributed by atoms with van der Waals surface area (Å²) in [5, 5.41) is 0. The van der Waals surface area contributed by atoms with E-state index in [1.807, 2.05) is 0 Å². The van der Waals surface area contributed by atoms with Gasteiger partial charge in [0.2, 0.25) is 0 Å². The third-order valence-corrected chi connectivity index (χ3v) is 3.52. The fourth-order valence-corrected chi connectivity index (χ4v) is 2.09. The number of allylic oxidation sites excluding steroid dienone is 4. The maximum absolute atomic E-state index is 5.20. The van der Waals surface area contributed by atoms with E-state index in [4.69, 9.17) is 4.74 Å². The van der Waals surface area contributed by atoms with Gasteiger partial charge in [-0.3, -0.25) is 0 Å². The molecule has 15 heavy (non-hydrogen) atoms. The van der Waals surface area contributed by atoms with Crippen molar-refractivity contribution < 1.29 is 4.74 Å². The number of methoxy groups -OCH3 is 1. The summed E-state index contributed by atoms with van der Waals surface area (Å²) < 4.78 is 5.20. The molecule has 0 saturated carbocycles. The van der Waals surface area contributed by atoms with Gasteiger partial charge in [0.05, 0.1) is 0 Å². The molecule has 0 N–H and O–H groups in total. The molecule has 0 bridgehead atoms. The van der Waals surface area contributed by atoms with Crippen molar-refractivity contribution in [3.05, 3.63) is 23.8 Å². The first-order valence-electron chi connectivity index (χ1n) is 6.04. The van der Waals surface area contributed by atoms with Gasteiger partial charge in [0.15, 0.2) is 0 Å². The third kappa shape index (κ3) is 4.21. The molecule has 0 radical (unpaired) electrons. The standard InChI is InChI=1S/C14H24O/c1-4-14(2,10-11-15-3)12-13-8-6-5-7-9-13/h5-6,8H,4,7,9-12H2,1-3H3. The van der Waals surface area contributed by atoms with Gasteiger partial charge < -0.3 is 4.74 Å². The zero-order valence-electron chi connectivity index (χ0n) is 10.4. The summed E-state index contributed by atoms with van der Waals surface area (Å²) in [6, 6.07) is 0. The molecule has 1 aliphatic carbocycles. The number of hydrogen-bond donors (Lipinski definition) is 0. The molecule has 0 aliphatic heterocycles. The lowest BCUT2D eigenvalue weighted by molar-refractivity contribution is 0.140. The van der Waals surface area contributed by atoms with Gasteiger partial charge in [-0.1, -0.05) is 44.1 Å². The van der Waals surface area contributed by atoms with Crippen LogP contribution in [-0.4, -0.2) is 13.7 Å². The highest BCUT2D eigenvalue weighted by molar-refractivity contribution is 5.18. The highest BCUT2D eigenvalue weighted by atomic mass is 16.5. The van der Waals surface area contributed by atoms with E-state index in [0.717, 1.165) is 6.61 Å². The largest absolute Gasteiger partial charge is 0.385 e. The van der Waals surface area contributed by atoms with E-state index < -0.39 is 0 Å². The van der Waals surface area contributed by atoms with Gasteiger partial charge >= 0.3 is 0 Å². The summed E-state index contributed by atoms with van der Waals surface area (Å²) in [5.41, 5.74) is 2.03. The molecule has 0 aromatic heterocycles. The van der Waals surface area contributed by atoms with Crippen molar-refractivity contribution in [2.24, 2.45) is 5.41 Å². The molecule has 0 saturated heterocycles. The second kappa shape index (κ2) is 6.12. The van der Waals surface area contributed by atoms with Crippen molar-refractivity contribution in [1.82, 2.24) is 0 Å². The number of rotatable bonds is 6. The topological polar surface area (TPSA) is 9.23 Å². The molecule has 1 rings (SSSR count). The van der Waals surface area contributed by atoms with Gasteiger partial charge in [-0.2, -0.15) is 0 Å². The van der Waals surface area contributed by atoms with Crippen LogP contribution in [0.2, 0.25) is 0 Å². The Balaban J connectivity index is 2.50. The van der Waals surface area contributed by atoms with Crippen LogP contribution in [0.1, 0.15) is 46.0 Å². The zero-order chi connectivity index (χ0) is 11.1. The van der Waals surface area contributed by atoms with Crippen molar-refractivity contribution in [2.45, 2.75) is 46.0 Å². The van der Waals surface area contributed by atoms with E-state index in [1.165, 1.54) is 32.1 Å². The first kappa shape index (κ1) is 12.5. The molecule has 0 heterocycles. The zero-order valence-corrected chi connectivity index (χ0v) is 10.4. The second-order valence-electron chi connectivity index (χ2n) is 4.88. The fraction of sp³-hybridized carbons (Fsp3) is 0.714. The molecule has 0 amide bonds. The number of hydrogen-bond acceptors (Lipinski definition) is 1. The van der Waals surface area contributed by atoms with Crippen LogP contribution >= 0.6 is 0 Å². The Morgan fingerprint density at radius 3 is 2.80 bits per heavy atom. The minimum absolute atomic E-state index is 0.424. The van der Waals surface area contributed by atoms with Gasteiger partial charge in [-0.05, 0) is 31.1 Å². The van der Waals surface area contributed by atoms with Crippen LogP contribution in [0.15, 0.2) is 23.8 Å². The maximum Gasteiger partial charge on any atom is 0.0467 e. The molecular formula is C14H24O. The molecule has 1 atom stereocenters. The Hall–Kier alpha value is -0.560. The van der Waals surface area contributed by atoms with Crippen LogP contribution in [0.5, 0.6) is 0 Å². The first-order valence-corrected chi connectivity index (χ1v) is 6.04. The summed E-state index contributed by atoms with van der Waals surface area (Å²) in [4.78, 5) is 0. The Morgan fingerprint density at radius 1 is 1.47 bits per heavy atom. The molecule has 0 fully saturated rings. The van der Waals surface area contributed by atoms with E-state index in [1.54, 1.807) is 12.7 Å². The van der Waals surface area contributed by atoms with Gasteiger partial charge in [0.1, 0.15) is 0 Å². The Bertz CT molecular complexity index is 240. The summed E-state index contributed by atoms with van der Waals surface area (Å²) in [6.07, 6.45) is 12.8. The van der Waals surface area contributed by atoms with Gasteiger partial charge in [-0.15, -0.1) is 0 Å². The predicted octanol–water partition coefficient (Wildman–Crippen LogP) is 4.11. The van der Waals surface area contributed by atoms with Crippen LogP contribution in [0.4, 0.5) is 0 Å². The molecule has 1 unspecified atom stereocenters. The number of ether oxygens (including phenoxy) is 1. The third-order valence-electron chi connectivity index (χ3n) is 3.52. The smallest absolute Gasteiger partial charge is 0.0467 e. The SMILES string of the molecule is CCC(C)(CCOC)CC1=CC=CCC1. The summed E-state index contributed by atoms with van der Waals surface area (Å²) in [6.45, 7) is 5.55. The highest BCUT2D eigenvalue weighted by Gasteiger charge is 2.23. The molecule has 86 valence electrons. The quantitative estimate of drug-likeness (QED) is 0.638. The Morgan fingerprint density at radius 2 is 2.27 bits per heavy atom. The summed E-state index contributed by atoms with van der Waals surface area (Å²) in [5.74, 6) is 0. The van der Waals surface area contributed by atoms with E-state index in [0.29, 0.717) is 5.41 Å². The van der Waals surface area contributed by atoms with Crippen LogP contribution in [0.3, 0.4) is 0 Å². The average molecular weight is 208 g/mol. The predicted molar refractivity (Wildman–Crippen MR) is 66.0 cm³/mol. The Kier molecular flexibility index (Phi) is 5.10. The van der Waals surface area contributed by atoms with Crippen molar-refractivity contribution >= 4 is 0 Å². The summed E-state index contributed by atoms with van der Waals surface area (Å²) in [7, 11) is 1.79. The lowest BCUT2D eigenvalue weighted by atomic mass is 9.77.